The van der Waals surface area contributed by atoms with Gasteiger partial charge in [-0.2, -0.15) is 0 Å². The Morgan fingerprint density at radius 2 is 1.59 bits per heavy atom. The van der Waals surface area contributed by atoms with Gasteiger partial charge in [0, 0.05) is 25.8 Å². The first-order valence-corrected chi connectivity index (χ1v) is 11.0. The smallest absolute Gasteiger partial charge is 0.410 e. The fraction of sp³-hybridized carbons (Fsp3) is 0.440. The first-order chi connectivity index (χ1) is 15.3. The number of carboxylic acids is 1. The van der Waals surface area contributed by atoms with Crippen molar-refractivity contribution in [3.05, 3.63) is 59.7 Å². The van der Waals surface area contributed by atoms with Gasteiger partial charge < -0.3 is 9.84 Å². The first kappa shape index (κ1) is 22.2. The van der Waals surface area contributed by atoms with Gasteiger partial charge in [0.1, 0.15) is 12.6 Å². The van der Waals surface area contributed by atoms with E-state index in [-0.39, 0.29) is 50.5 Å². The van der Waals surface area contributed by atoms with E-state index >= 15 is 0 Å². The van der Waals surface area contributed by atoms with E-state index in [1.54, 1.807) is 0 Å². The lowest BCUT2D eigenvalue weighted by Crippen LogP contribution is -2.44. The Morgan fingerprint density at radius 3 is 2.12 bits per heavy atom. The van der Waals surface area contributed by atoms with Crippen LogP contribution in [0.1, 0.15) is 49.1 Å². The van der Waals surface area contributed by atoms with Crippen molar-refractivity contribution < 1.29 is 28.2 Å². The van der Waals surface area contributed by atoms with Crippen molar-refractivity contribution in [3.63, 3.8) is 0 Å². The lowest BCUT2D eigenvalue weighted by Gasteiger charge is -2.32. The largest absolute Gasteiger partial charge is 0.480 e. The average Bonchev–Trinajstić information content (AvgIpc) is 3.10. The molecule has 2 aromatic rings. The molecule has 1 unspecified atom stereocenters. The molecule has 2 aliphatic carbocycles. The van der Waals surface area contributed by atoms with Crippen LogP contribution >= 0.6 is 0 Å². The fourth-order valence-electron chi connectivity index (χ4n) is 4.90. The molecular formula is C25H27F2NO4. The van der Waals surface area contributed by atoms with Crippen LogP contribution in [0.5, 0.6) is 0 Å². The number of benzene rings is 2. The van der Waals surface area contributed by atoms with E-state index in [2.05, 4.69) is 0 Å². The molecule has 2 aromatic carbocycles. The number of rotatable bonds is 6. The summed E-state index contributed by atoms with van der Waals surface area (Å²) in [6, 6.07) is 14.8. The summed E-state index contributed by atoms with van der Waals surface area (Å²) in [7, 11) is 1.40. The van der Waals surface area contributed by atoms with Crippen molar-refractivity contribution in [2.24, 2.45) is 5.92 Å². The summed E-state index contributed by atoms with van der Waals surface area (Å²) in [5.41, 5.74) is 4.36. The Kier molecular flexibility index (Phi) is 6.17. The number of carbonyl (C=O) groups excluding carboxylic acids is 1. The number of carboxylic acid groups (broad SMARTS) is 1. The van der Waals surface area contributed by atoms with Crippen LogP contribution in [0.25, 0.3) is 11.1 Å². The number of nitrogens with zero attached hydrogens (tertiary/aromatic N) is 1. The standard InChI is InChI=1S/C25H27F2NO4/c1-28(22(23(29)30)14-16-10-12-25(26,27)13-11-16)24(31)32-15-21-19-8-4-2-6-17(19)18-7-3-5-9-20(18)21/h2-9,16,21-22H,10-15H2,1H3,(H,29,30). The molecule has 1 atom stereocenters. The van der Waals surface area contributed by atoms with Crippen LogP contribution in [-0.4, -0.2) is 47.7 Å². The molecule has 0 radical (unpaired) electrons. The molecule has 0 spiro atoms. The van der Waals surface area contributed by atoms with Crippen LogP contribution < -0.4 is 0 Å². The predicted octanol–water partition coefficient (Wildman–Crippen LogP) is 5.54. The molecule has 4 rings (SSSR count). The van der Waals surface area contributed by atoms with Crippen molar-refractivity contribution in [1.29, 1.82) is 0 Å². The molecule has 32 heavy (non-hydrogen) atoms. The number of halogens is 2. The van der Waals surface area contributed by atoms with E-state index in [0.29, 0.717) is 0 Å². The number of carbonyl (C=O) groups is 2. The van der Waals surface area contributed by atoms with Crippen LogP contribution in [0.2, 0.25) is 0 Å². The van der Waals surface area contributed by atoms with Gasteiger partial charge in [0.25, 0.3) is 0 Å². The van der Waals surface area contributed by atoms with Gasteiger partial charge in [-0.05, 0) is 47.4 Å². The monoisotopic (exact) mass is 443 g/mol. The first-order valence-electron chi connectivity index (χ1n) is 11.0. The zero-order valence-electron chi connectivity index (χ0n) is 18.0. The van der Waals surface area contributed by atoms with Gasteiger partial charge in [0.15, 0.2) is 0 Å². The van der Waals surface area contributed by atoms with E-state index in [4.69, 9.17) is 4.74 Å². The second kappa shape index (κ2) is 8.88. The molecule has 0 heterocycles. The summed E-state index contributed by atoms with van der Waals surface area (Å²) < 4.78 is 32.4. The molecule has 1 saturated carbocycles. The normalized spacial score (nSPS) is 18.5. The second-order valence-corrected chi connectivity index (χ2v) is 8.80. The highest BCUT2D eigenvalue weighted by Gasteiger charge is 2.38. The second-order valence-electron chi connectivity index (χ2n) is 8.80. The summed E-state index contributed by atoms with van der Waals surface area (Å²) in [5, 5.41) is 9.67. The number of ether oxygens (including phenoxy) is 1. The van der Waals surface area contributed by atoms with Gasteiger partial charge in [0.05, 0.1) is 0 Å². The third-order valence-electron chi connectivity index (χ3n) is 6.77. The molecule has 5 nitrogen and oxygen atoms in total. The SMILES string of the molecule is CN(C(=O)OCC1c2ccccc2-c2ccccc21)C(CC1CCC(F)(F)CC1)C(=O)O. The molecule has 0 aromatic heterocycles. The maximum atomic E-state index is 13.4. The van der Waals surface area contributed by atoms with Crippen LogP contribution in [0, 0.1) is 5.92 Å². The van der Waals surface area contributed by atoms with Crippen molar-refractivity contribution in [2.75, 3.05) is 13.7 Å². The lowest BCUT2D eigenvalue weighted by atomic mass is 9.82. The zero-order chi connectivity index (χ0) is 22.9. The summed E-state index contributed by atoms with van der Waals surface area (Å²) in [5.74, 6) is -4.10. The van der Waals surface area contributed by atoms with E-state index in [1.807, 2.05) is 48.5 Å². The summed E-state index contributed by atoms with van der Waals surface area (Å²) in [6.45, 7) is 0.0964. The Labute approximate surface area is 186 Å². The van der Waals surface area contributed by atoms with Gasteiger partial charge >= 0.3 is 12.1 Å². The molecule has 0 bridgehead atoms. The summed E-state index contributed by atoms with van der Waals surface area (Å²) in [6.07, 6.45) is -0.533. The molecule has 2 aliphatic rings. The zero-order valence-corrected chi connectivity index (χ0v) is 18.0. The third kappa shape index (κ3) is 4.47. The maximum Gasteiger partial charge on any atom is 0.410 e. The number of aliphatic carboxylic acids is 1. The van der Waals surface area contributed by atoms with Gasteiger partial charge in [0.2, 0.25) is 5.92 Å². The number of amides is 1. The Morgan fingerprint density at radius 1 is 1.06 bits per heavy atom. The Bertz CT molecular complexity index is 953. The fourth-order valence-corrected chi connectivity index (χ4v) is 4.90. The van der Waals surface area contributed by atoms with Crippen LogP contribution in [0.3, 0.4) is 0 Å². The van der Waals surface area contributed by atoms with Crippen LogP contribution in [-0.2, 0) is 9.53 Å². The van der Waals surface area contributed by atoms with E-state index in [1.165, 1.54) is 7.05 Å². The Hall–Kier alpha value is -2.96. The highest BCUT2D eigenvalue weighted by molar-refractivity contribution is 5.81. The quantitative estimate of drug-likeness (QED) is 0.637. The Balaban J connectivity index is 1.41. The van der Waals surface area contributed by atoms with E-state index in [9.17, 15) is 23.5 Å². The molecule has 1 N–H and O–H groups in total. The minimum Gasteiger partial charge on any atom is -0.480 e. The van der Waals surface area contributed by atoms with Gasteiger partial charge in [-0.3, -0.25) is 4.90 Å². The summed E-state index contributed by atoms with van der Waals surface area (Å²) >= 11 is 0. The van der Waals surface area contributed by atoms with Gasteiger partial charge in [-0.1, -0.05) is 48.5 Å². The molecule has 1 fully saturated rings. The van der Waals surface area contributed by atoms with Crippen molar-refractivity contribution >= 4 is 12.1 Å². The molecular weight excluding hydrogens is 416 g/mol. The van der Waals surface area contributed by atoms with Crippen LogP contribution in [0.15, 0.2) is 48.5 Å². The number of fused-ring (bicyclic) bond motifs is 3. The molecule has 170 valence electrons. The molecule has 1 amide bonds. The number of hydrogen-bond donors (Lipinski definition) is 1. The highest BCUT2D eigenvalue weighted by atomic mass is 19.3. The van der Waals surface area contributed by atoms with E-state index in [0.717, 1.165) is 27.2 Å². The van der Waals surface area contributed by atoms with Crippen molar-refractivity contribution in [3.8, 4) is 11.1 Å². The third-order valence-corrected chi connectivity index (χ3v) is 6.77. The molecule has 0 saturated heterocycles. The highest BCUT2D eigenvalue weighted by Crippen LogP contribution is 2.44. The number of likely N-dealkylation sites (N-methyl/N-ethyl adjacent to an activating group) is 1. The van der Waals surface area contributed by atoms with Crippen molar-refractivity contribution in [2.45, 2.75) is 50.0 Å². The van der Waals surface area contributed by atoms with Gasteiger partial charge in [-0.15, -0.1) is 0 Å². The molecule has 7 heteroatoms. The van der Waals surface area contributed by atoms with E-state index < -0.39 is 24.0 Å². The lowest BCUT2D eigenvalue weighted by molar-refractivity contribution is -0.143. The topological polar surface area (TPSA) is 66.8 Å². The minimum atomic E-state index is -2.67. The minimum absolute atomic E-state index is 0.0964. The number of hydrogen-bond acceptors (Lipinski definition) is 3. The van der Waals surface area contributed by atoms with Crippen molar-refractivity contribution in [1.82, 2.24) is 4.90 Å². The molecule has 0 aliphatic heterocycles. The van der Waals surface area contributed by atoms with Gasteiger partial charge in [-0.25, -0.2) is 18.4 Å². The summed E-state index contributed by atoms with van der Waals surface area (Å²) in [4.78, 5) is 25.7. The average molecular weight is 443 g/mol. The maximum absolute atomic E-state index is 13.4. The predicted molar refractivity (Wildman–Crippen MR) is 116 cm³/mol. The van der Waals surface area contributed by atoms with Crippen LogP contribution in [0.4, 0.5) is 13.6 Å². The number of alkyl halides is 2.